The third-order valence-electron chi connectivity index (χ3n) is 4.37. The third-order valence-corrected chi connectivity index (χ3v) is 5.54. The van der Waals surface area contributed by atoms with Crippen LogP contribution >= 0.6 is 11.8 Å². The normalized spacial score (nSPS) is 18.5. The molecule has 4 rings (SSSR count). The van der Waals surface area contributed by atoms with Gasteiger partial charge in [-0.25, -0.2) is 0 Å². The highest BCUT2D eigenvalue weighted by Gasteiger charge is 2.27. The van der Waals surface area contributed by atoms with Crippen molar-refractivity contribution in [3.05, 3.63) is 42.5 Å². The average Bonchev–Trinajstić information content (AvgIpc) is 2.77. The molecule has 2 amide bonds. The molecule has 0 saturated carbocycles. The molecule has 1 N–H and O–H groups in total. The maximum Gasteiger partial charge on any atom is 0.244 e. The van der Waals surface area contributed by atoms with Crippen LogP contribution in [0, 0.1) is 0 Å². The molecule has 0 aromatic heterocycles. The molecular weight excluding hydrogens is 364 g/mol. The van der Waals surface area contributed by atoms with Crippen LogP contribution in [0.4, 0.5) is 11.4 Å². The molecule has 2 aliphatic rings. The number of fused-ring (bicyclic) bond motifs is 2. The van der Waals surface area contributed by atoms with Gasteiger partial charge in [0.1, 0.15) is 19.8 Å². The number of carbonyl (C=O) groups excluding carboxylic acids is 2. The van der Waals surface area contributed by atoms with E-state index in [0.717, 1.165) is 10.6 Å². The number of nitrogens with one attached hydrogen (secondary N) is 1. The van der Waals surface area contributed by atoms with Crippen LogP contribution in [0.3, 0.4) is 0 Å². The van der Waals surface area contributed by atoms with Gasteiger partial charge in [-0.2, -0.15) is 0 Å². The maximum absolute atomic E-state index is 12.7. The highest BCUT2D eigenvalue weighted by molar-refractivity contribution is 8.00. The van der Waals surface area contributed by atoms with Gasteiger partial charge in [-0.1, -0.05) is 19.1 Å². The summed E-state index contributed by atoms with van der Waals surface area (Å²) >= 11 is 1.66. The van der Waals surface area contributed by atoms with Gasteiger partial charge in [0, 0.05) is 28.3 Å². The monoisotopic (exact) mass is 384 g/mol. The number of hydrogen-bond acceptors (Lipinski definition) is 5. The van der Waals surface area contributed by atoms with E-state index in [2.05, 4.69) is 5.32 Å². The molecule has 0 unspecified atom stereocenters. The molecule has 0 bridgehead atoms. The lowest BCUT2D eigenvalue weighted by Crippen LogP contribution is -2.38. The van der Waals surface area contributed by atoms with Crippen LogP contribution in [-0.2, 0) is 9.59 Å². The fraction of sp³-hybridized carbons (Fsp3) is 0.300. The van der Waals surface area contributed by atoms with Crippen LogP contribution in [-0.4, -0.2) is 36.8 Å². The number of rotatable bonds is 3. The number of anilines is 2. The summed E-state index contributed by atoms with van der Waals surface area (Å²) in [7, 11) is 0. The molecule has 2 heterocycles. The van der Waals surface area contributed by atoms with Gasteiger partial charge in [-0.3, -0.25) is 9.59 Å². The van der Waals surface area contributed by atoms with Crippen molar-refractivity contribution in [1.29, 1.82) is 0 Å². The minimum atomic E-state index is -0.255. The van der Waals surface area contributed by atoms with Crippen molar-refractivity contribution in [2.45, 2.75) is 23.5 Å². The van der Waals surface area contributed by atoms with E-state index < -0.39 is 0 Å². The van der Waals surface area contributed by atoms with Crippen molar-refractivity contribution in [3.63, 3.8) is 0 Å². The molecule has 140 valence electrons. The Labute approximate surface area is 161 Å². The summed E-state index contributed by atoms with van der Waals surface area (Å²) < 4.78 is 11.0. The van der Waals surface area contributed by atoms with Crippen molar-refractivity contribution in [2.75, 3.05) is 30.0 Å². The summed E-state index contributed by atoms with van der Waals surface area (Å²) in [4.78, 5) is 27.9. The molecular formula is C20H20N2O4S. The standard InChI is InChI=1S/C20H20N2O4S/c1-13-10-20(24)22(15-4-2-3-5-18(15)27-13)12-19(23)21-14-6-7-16-17(11-14)26-9-8-25-16/h2-7,11,13H,8-10,12H2,1H3,(H,21,23)/t13-/m0/s1. The molecule has 2 aromatic carbocycles. The number of amides is 2. The van der Waals surface area contributed by atoms with Crippen LogP contribution in [0.15, 0.2) is 47.4 Å². The molecule has 0 saturated heterocycles. The summed E-state index contributed by atoms with van der Waals surface area (Å²) in [6.45, 7) is 3.00. The summed E-state index contributed by atoms with van der Waals surface area (Å²) in [5, 5.41) is 3.02. The van der Waals surface area contributed by atoms with Crippen molar-refractivity contribution >= 4 is 35.0 Å². The summed E-state index contributed by atoms with van der Waals surface area (Å²) in [6.07, 6.45) is 0.399. The summed E-state index contributed by atoms with van der Waals surface area (Å²) in [6, 6.07) is 13.0. The Morgan fingerprint density at radius 3 is 2.81 bits per heavy atom. The quantitative estimate of drug-likeness (QED) is 0.879. The maximum atomic E-state index is 12.7. The van der Waals surface area contributed by atoms with Crippen molar-refractivity contribution in [3.8, 4) is 11.5 Å². The van der Waals surface area contributed by atoms with Gasteiger partial charge in [-0.15, -0.1) is 11.8 Å². The number of nitrogens with zero attached hydrogens (tertiary/aromatic N) is 1. The summed E-state index contributed by atoms with van der Waals surface area (Å²) in [5.74, 6) is 0.981. The molecule has 0 spiro atoms. The Morgan fingerprint density at radius 2 is 1.96 bits per heavy atom. The molecule has 0 aliphatic carbocycles. The molecule has 7 heteroatoms. The lowest BCUT2D eigenvalue weighted by molar-refractivity contribution is -0.121. The van der Waals surface area contributed by atoms with Gasteiger partial charge in [0.05, 0.1) is 5.69 Å². The Balaban J connectivity index is 1.51. The largest absolute Gasteiger partial charge is 0.486 e. The minimum absolute atomic E-state index is 0.0302. The van der Waals surface area contributed by atoms with Gasteiger partial charge < -0.3 is 19.7 Å². The first-order valence-corrected chi connectivity index (χ1v) is 9.73. The highest BCUT2D eigenvalue weighted by atomic mass is 32.2. The highest BCUT2D eigenvalue weighted by Crippen LogP contribution is 2.37. The van der Waals surface area contributed by atoms with Gasteiger partial charge >= 0.3 is 0 Å². The van der Waals surface area contributed by atoms with Crippen LogP contribution in [0.5, 0.6) is 11.5 Å². The van der Waals surface area contributed by atoms with E-state index in [1.165, 1.54) is 0 Å². The Bertz CT molecular complexity index is 886. The first-order chi connectivity index (χ1) is 13.1. The Hall–Kier alpha value is -2.67. The fourth-order valence-electron chi connectivity index (χ4n) is 3.17. The zero-order chi connectivity index (χ0) is 18.8. The van der Waals surface area contributed by atoms with Crippen molar-refractivity contribution < 1.29 is 19.1 Å². The van der Waals surface area contributed by atoms with Gasteiger partial charge in [0.15, 0.2) is 11.5 Å². The van der Waals surface area contributed by atoms with Gasteiger partial charge in [0.2, 0.25) is 11.8 Å². The summed E-state index contributed by atoms with van der Waals surface area (Å²) in [5.41, 5.74) is 1.40. The first-order valence-electron chi connectivity index (χ1n) is 8.86. The topological polar surface area (TPSA) is 67.9 Å². The molecule has 0 fully saturated rings. The van der Waals surface area contributed by atoms with E-state index in [0.29, 0.717) is 36.8 Å². The molecule has 6 nitrogen and oxygen atoms in total. The molecule has 1 atom stereocenters. The Morgan fingerprint density at radius 1 is 1.19 bits per heavy atom. The van der Waals surface area contributed by atoms with Gasteiger partial charge in [0.25, 0.3) is 0 Å². The minimum Gasteiger partial charge on any atom is -0.486 e. The second-order valence-electron chi connectivity index (χ2n) is 6.49. The van der Waals surface area contributed by atoms with Crippen molar-refractivity contribution in [2.24, 2.45) is 0 Å². The average molecular weight is 384 g/mol. The molecule has 2 aliphatic heterocycles. The van der Waals surface area contributed by atoms with Crippen LogP contribution < -0.4 is 19.7 Å². The van der Waals surface area contributed by atoms with Crippen LogP contribution in [0.2, 0.25) is 0 Å². The lowest BCUT2D eigenvalue weighted by Gasteiger charge is -2.22. The fourth-order valence-corrected chi connectivity index (χ4v) is 4.28. The second kappa shape index (κ2) is 7.52. The number of benzene rings is 2. The first kappa shape index (κ1) is 17.7. The van der Waals surface area contributed by atoms with Crippen molar-refractivity contribution in [1.82, 2.24) is 0 Å². The number of thioether (sulfide) groups is 1. The van der Waals surface area contributed by atoms with E-state index in [-0.39, 0.29) is 23.6 Å². The second-order valence-corrected chi connectivity index (χ2v) is 7.97. The van der Waals surface area contributed by atoms with Crippen LogP contribution in [0.25, 0.3) is 0 Å². The van der Waals surface area contributed by atoms with Gasteiger partial charge in [-0.05, 0) is 24.3 Å². The van der Waals surface area contributed by atoms with E-state index in [1.807, 2.05) is 31.2 Å². The zero-order valence-electron chi connectivity index (χ0n) is 14.9. The van der Waals surface area contributed by atoms with E-state index >= 15 is 0 Å². The zero-order valence-corrected chi connectivity index (χ0v) is 15.8. The Kier molecular flexibility index (Phi) is 4.94. The number of carbonyl (C=O) groups is 2. The number of hydrogen-bond donors (Lipinski definition) is 1. The molecule has 2 aromatic rings. The number of ether oxygens (including phenoxy) is 2. The van der Waals surface area contributed by atoms with E-state index in [1.54, 1.807) is 34.9 Å². The van der Waals surface area contributed by atoms with E-state index in [9.17, 15) is 9.59 Å². The smallest absolute Gasteiger partial charge is 0.244 e. The molecule has 27 heavy (non-hydrogen) atoms. The number of para-hydroxylation sites is 1. The predicted molar refractivity (Wildman–Crippen MR) is 105 cm³/mol. The molecule has 0 radical (unpaired) electrons. The lowest BCUT2D eigenvalue weighted by atomic mass is 10.2. The van der Waals surface area contributed by atoms with E-state index in [4.69, 9.17) is 9.47 Å². The van der Waals surface area contributed by atoms with Crippen LogP contribution in [0.1, 0.15) is 13.3 Å². The predicted octanol–water partition coefficient (Wildman–Crippen LogP) is 3.31. The SMILES string of the molecule is C[C@H]1CC(=O)N(CC(=O)Nc2ccc3c(c2)OCCO3)c2ccccc2S1. The third kappa shape index (κ3) is 3.88.